The number of likely N-dealkylation sites (tertiary alicyclic amines) is 1. The summed E-state index contributed by atoms with van der Waals surface area (Å²) < 4.78 is 8.04. The number of amides is 1. The van der Waals surface area contributed by atoms with Gasteiger partial charge in [0.1, 0.15) is 11.5 Å². The normalized spacial score (nSPS) is 16.3. The topological polar surface area (TPSA) is 72.3 Å². The molecule has 1 fully saturated rings. The zero-order valence-corrected chi connectivity index (χ0v) is 21.4. The van der Waals surface area contributed by atoms with Crippen molar-refractivity contribution >= 4 is 16.8 Å². The predicted octanol–water partition coefficient (Wildman–Crippen LogP) is 5.12. The number of likely N-dealkylation sites (N-methyl/N-ethyl adjacent to an activating group) is 1. The van der Waals surface area contributed by atoms with Crippen molar-refractivity contribution in [2.45, 2.75) is 39.2 Å². The Hall–Kier alpha value is -3.71. The van der Waals surface area contributed by atoms with E-state index < -0.39 is 0 Å². The van der Waals surface area contributed by atoms with E-state index in [-0.39, 0.29) is 11.9 Å². The standard InChI is InChI=1S/C29H33N5O2/c1-5-20-15-21(8-10-26(20)29(35)31-22-7-6-14-33(3)18-22)27-16-24(12-13-30-27)36-23-9-11-25-19(2)32-34(4)28(25)17-23/h8-13,15-17,22H,5-7,14,18H2,1-4H3,(H,31,35). The van der Waals surface area contributed by atoms with Crippen LogP contribution in [0.4, 0.5) is 0 Å². The molecule has 186 valence electrons. The first-order chi connectivity index (χ1) is 17.4. The summed E-state index contributed by atoms with van der Waals surface area (Å²) in [5.41, 5.74) is 5.55. The van der Waals surface area contributed by atoms with Crippen molar-refractivity contribution in [3.63, 3.8) is 0 Å². The van der Waals surface area contributed by atoms with E-state index in [0.717, 1.165) is 77.1 Å². The first-order valence-electron chi connectivity index (χ1n) is 12.6. The first-order valence-corrected chi connectivity index (χ1v) is 12.6. The van der Waals surface area contributed by atoms with Crippen LogP contribution in [-0.4, -0.2) is 51.8 Å². The molecule has 0 spiro atoms. The fourth-order valence-corrected chi connectivity index (χ4v) is 5.06. The largest absolute Gasteiger partial charge is 0.457 e. The number of aryl methyl sites for hydroxylation is 3. The smallest absolute Gasteiger partial charge is 0.251 e. The van der Waals surface area contributed by atoms with Gasteiger partial charge < -0.3 is 15.0 Å². The molecule has 1 N–H and O–H groups in total. The number of piperidine rings is 1. The van der Waals surface area contributed by atoms with Gasteiger partial charge in [0, 0.05) is 54.5 Å². The van der Waals surface area contributed by atoms with E-state index in [0.29, 0.717) is 5.75 Å². The van der Waals surface area contributed by atoms with E-state index in [1.165, 1.54) is 0 Å². The Morgan fingerprint density at radius 2 is 1.94 bits per heavy atom. The van der Waals surface area contributed by atoms with Crippen molar-refractivity contribution in [3.8, 4) is 22.8 Å². The number of fused-ring (bicyclic) bond motifs is 1. The third-order valence-corrected chi connectivity index (χ3v) is 6.96. The molecule has 1 saturated heterocycles. The van der Waals surface area contributed by atoms with E-state index in [1.54, 1.807) is 6.20 Å². The summed E-state index contributed by atoms with van der Waals surface area (Å²) in [6, 6.07) is 16.0. The van der Waals surface area contributed by atoms with Crippen molar-refractivity contribution in [1.29, 1.82) is 0 Å². The molecule has 2 aromatic heterocycles. The lowest BCUT2D eigenvalue weighted by Gasteiger charge is -2.30. The summed E-state index contributed by atoms with van der Waals surface area (Å²) in [5, 5.41) is 8.83. The summed E-state index contributed by atoms with van der Waals surface area (Å²) in [5.74, 6) is 1.46. The lowest BCUT2D eigenvalue weighted by atomic mass is 9.98. The number of carbonyl (C=O) groups excluding carboxylic acids is 1. The van der Waals surface area contributed by atoms with Crippen LogP contribution < -0.4 is 10.1 Å². The minimum atomic E-state index is 0.00420. The molecule has 0 aliphatic carbocycles. The van der Waals surface area contributed by atoms with Gasteiger partial charge in [-0.1, -0.05) is 13.0 Å². The van der Waals surface area contributed by atoms with Gasteiger partial charge in [-0.05, 0) is 75.7 Å². The van der Waals surface area contributed by atoms with E-state index in [4.69, 9.17) is 4.74 Å². The molecule has 7 heteroatoms. The second-order valence-electron chi connectivity index (χ2n) is 9.67. The summed E-state index contributed by atoms with van der Waals surface area (Å²) in [6.07, 6.45) is 4.66. The van der Waals surface area contributed by atoms with E-state index in [1.807, 2.05) is 61.1 Å². The zero-order chi connectivity index (χ0) is 25.2. The number of hydrogen-bond donors (Lipinski definition) is 1. The fraction of sp³-hybridized carbons (Fsp3) is 0.345. The highest BCUT2D eigenvalue weighted by atomic mass is 16.5. The van der Waals surface area contributed by atoms with Gasteiger partial charge >= 0.3 is 0 Å². The number of benzene rings is 2. The summed E-state index contributed by atoms with van der Waals surface area (Å²) in [6.45, 7) is 6.07. The lowest BCUT2D eigenvalue weighted by Crippen LogP contribution is -2.46. The molecule has 1 aliphatic rings. The van der Waals surface area contributed by atoms with Crippen molar-refractivity contribution in [2.24, 2.45) is 7.05 Å². The van der Waals surface area contributed by atoms with Crippen LogP contribution >= 0.6 is 0 Å². The highest BCUT2D eigenvalue weighted by Gasteiger charge is 2.21. The molecule has 1 aliphatic heterocycles. The van der Waals surface area contributed by atoms with Crippen LogP contribution in [0.15, 0.2) is 54.7 Å². The van der Waals surface area contributed by atoms with Crippen molar-refractivity contribution < 1.29 is 9.53 Å². The molecule has 2 aromatic carbocycles. The average molecular weight is 484 g/mol. The number of rotatable bonds is 6. The van der Waals surface area contributed by atoms with Gasteiger partial charge in [-0.25, -0.2) is 0 Å². The maximum absolute atomic E-state index is 13.1. The van der Waals surface area contributed by atoms with Gasteiger partial charge in [-0.15, -0.1) is 0 Å². The van der Waals surface area contributed by atoms with E-state index in [2.05, 4.69) is 40.3 Å². The van der Waals surface area contributed by atoms with Crippen LogP contribution in [0.2, 0.25) is 0 Å². The van der Waals surface area contributed by atoms with Crippen LogP contribution in [0.5, 0.6) is 11.5 Å². The molecule has 4 aromatic rings. The molecule has 1 amide bonds. The highest BCUT2D eigenvalue weighted by molar-refractivity contribution is 5.96. The monoisotopic (exact) mass is 483 g/mol. The Morgan fingerprint density at radius 3 is 2.75 bits per heavy atom. The number of nitrogens with zero attached hydrogens (tertiary/aromatic N) is 4. The third-order valence-electron chi connectivity index (χ3n) is 6.96. The molecule has 0 radical (unpaired) electrons. The molecule has 7 nitrogen and oxygen atoms in total. The van der Waals surface area contributed by atoms with Crippen molar-refractivity contribution in [2.75, 3.05) is 20.1 Å². The SMILES string of the molecule is CCc1cc(-c2cc(Oc3ccc4c(C)nn(C)c4c3)ccn2)ccc1C(=O)NC1CCCN(C)C1. The predicted molar refractivity (Wildman–Crippen MR) is 143 cm³/mol. The fourth-order valence-electron chi connectivity index (χ4n) is 5.06. The summed E-state index contributed by atoms with van der Waals surface area (Å²) >= 11 is 0. The number of ether oxygens (including phenoxy) is 1. The first kappa shape index (κ1) is 24.0. The number of nitrogens with one attached hydrogen (secondary N) is 1. The van der Waals surface area contributed by atoms with Gasteiger partial charge in [0.2, 0.25) is 0 Å². The Bertz CT molecular complexity index is 1410. The van der Waals surface area contributed by atoms with Gasteiger partial charge in [0.25, 0.3) is 5.91 Å². The number of carbonyl (C=O) groups is 1. The third kappa shape index (κ3) is 4.97. The Labute approximate surface area is 212 Å². The molecular formula is C29H33N5O2. The van der Waals surface area contributed by atoms with Crippen molar-refractivity contribution in [1.82, 2.24) is 25.0 Å². The quantitative estimate of drug-likeness (QED) is 0.412. The Morgan fingerprint density at radius 1 is 1.11 bits per heavy atom. The Balaban J connectivity index is 1.35. The number of pyridine rings is 1. The van der Waals surface area contributed by atoms with Crippen LogP contribution in [0.25, 0.3) is 22.2 Å². The van der Waals surface area contributed by atoms with Crippen LogP contribution in [0, 0.1) is 6.92 Å². The van der Waals surface area contributed by atoms with E-state index >= 15 is 0 Å². The number of aromatic nitrogens is 3. The second-order valence-corrected chi connectivity index (χ2v) is 9.67. The maximum atomic E-state index is 13.1. The molecule has 0 bridgehead atoms. The van der Waals surface area contributed by atoms with Gasteiger partial charge in [-0.3, -0.25) is 14.5 Å². The summed E-state index contributed by atoms with van der Waals surface area (Å²) in [4.78, 5) is 19.9. The molecule has 1 atom stereocenters. The second kappa shape index (κ2) is 10.1. The molecule has 0 saturated carbocycles. The van der Waals surface area contributed by atoms with E-state index in [9.17, 15) is 4.79 Å². The molecule has 5 rings (SSSR count). The Kier molecular flexibility index (Phi) is 6.74. The van der Waals surface area contributed by atoms with Crippen LogP contribution in [0.3, 0.4) is 0 Å². The summed E-state index contributed by atoms with van der Waals surface area (Å²) in [7, 11) is 4.04. The van der Waals surface area contributed by atoms with Gasteiger partial charge in [-0.2, -0.15) is 5.10 Å². The molecular weight excluding hydrogens is 450 g/mol. The van der Waals surface area contributed by atoms with Gasteiger partial charge in [0.15, 0.2) is 0 Å². The average Bonchev–Trinajstić information content (AvgIpc) is 3.16. The molecule has 36 heavy (non-hydrogen) atoms. The maximum Gasteiger partial charge on any atom is 0.251 e. The van der Waals surface area contributed by atoms with Crippen molar-refractivity contribution in [3.05, 3.63) is 71.5 Å². The van der Waals surface area contributed by atoms with Crippen LogP contribution in [-0.2, 0) is 13.5 Å². The molecule has 1 unspecified atom stereocenters. The number of hydrogen-bond acceptors (Lipinski definition) is 5. The highest BCUT2D eigenvalue weighted by Crippen LogP contribution is 2.30. The molecule has 3 heterocycles. The minimum absolute atomic E-state index is 0.00420. The zero-order valence-electron chi connectivity index (χ0n) is 21.4. The van der Waals surface area contributed by atoms with Gasteiger partial charge in [0.05, 0.1) is 16.9 Å². The lowest BCUT2D eigenvalue weighted by molar-refractivity contribution is 0.0911. The van der Waals surface area contributed by atoms with Crippen LogP contribution in [0.1, 0.15) is 41.4 Å². The minimum Gasteiger partial charge on any atom is -0.457 e.